The van der Waals surface area contributed by atoms with Crippen LogP contribution in [0.1, 0.15) is 43.6 Å². The first-order valence-corrected chi connectivity index (χ1v) is 7.29. The quantitative estimate of drug-likeness (QED) is 0.896. The molecule has 1 heterocycles. The van der Waals surface area contributed by atoms with Gasteiger partial charge in [-0.05, 0) is 23.8 Å². The van der Waals surface area contributed by atoms with E-state index in [2.05, 4.69) is 37.0 Å². The molecule has 0 bridgehead atoms. The molecule has 1 aromatic carbocycles. The van der Waals surface area contributed by atoms with Crippen molar-refractivity contribution in [2.45, 2.75) is 32.1 Å². The Kier molecular flexibility index (Phi) is 4.43. The summed E-state index contributed by atoms with van der Waals surface area (Å²) in [6.45, 7) is 6.86. The van der Waals surface area contributed by atoms with Gasteiger partial charge in [0, 0.05) is 23.6 Å². The maximum absolute atomic E-state index is 6.08. The molecule has 3 nitrogen and oxygen atoms in total. The molecule has 1 unspecified atom stereocenters. The highest BCUT2D eigenvalue weighted by molar-refractivity contribution is 6.42. The number of nitrogens with zero attached hydrogens (tertiary/aromatic N) is 1. The van der Waals surface area contributed by atoms with Crippen molar-refractivity contribution in [2.24, 2.45) is 5.73 Å². The Balaban J connectivity index is 2.37. The van der Waals surface area contributed by atoms with Crippen LogP contribution in [0.2, 0.25) is 10.0 Å². The minimum atomic E-state index is 0.00550. The molecule has 0 saturated carbocycles. The molecule has 1 aromatic heterocycles. The van der Waals surface area contributed by atoms with Crippen molar-refractivity contribution in [1.82, 2.24) is 10.2 Å². The molecule has 0 aliphatic rings. The van der Waals surface area contributed by atoms with Crippen molar-refractivity contribution in [3.63, 3.8) is 0 Å². The van der Waals surface area contributed by atoms with Crippen molar-refractivity contribution < 1.29 is 0 Å². The summed E-state index contributed by atoms with van der Waals surface area (Å²) in [4.78, 5) is 0. The van der Waals surface area contributed by atoms with Crippen LogP contribution in [0.4, 0.5) is 0 Å². The second-order valence-electron chi connectivity index (χ2n) is 5.92. The minimum absolute atomic E-state index is 0.00550. The van der Waals surface area contributed by atoms with Gasteiger partial charge in [0.25, 0.3) is 0 Å². The van der Waals surface area contributed by atoms with Gasteiger partial charge < -0.3 is 5.73 Å². The Labute approximate surface area is 129 Å². The predicted octanol–water partition coefficient (Wildman–Crippen LogP) is 4.10. The summed E-state index contributed by atoms with van der Waals surface area (Å²) in [5.74, 6) is 0.0355. The van der Waals surface area contributed by atoms with E-state index in [1.165, 1.54) is 0 Å². The van der Waals surface area contributed by atoms with Gasteiger partial charge in [-0.2, -0.15) is 5.10 Å². The Bertz CT molecular complexity index is 599. The molecule has 0 radical (unpaired) electrons. The fourth-order valence-electron chi connectivity index (χ4n) is 2.07. The number of benzene rings is 1. The van der Waals surface area contributed by atoms with E-state index in [0.29, 0.717) is 16.6 Å². The number of rotatable bonds is 3. The van der Waals surface area contributed by atoms with Crippen LogP contribution in [0.3, 0.4) is 0 Å². The summed E-state index contributed by atoms with van der Waals surface area (Å²) < 4.78 is 0. The van der Waals surface area contributed by atoms with Crippen molar-refractivity contribution >= 4 is 23.2 Å². The van der Waals surface area contributed by atoms with Gasteiger partial charge >= 0.3 is 0 Å². The van der Waals surface area contributed by atoms with Crippen LogP contribution < -0.4 is 5.73 Å². The Morgan fingerprint density at radius 1 is 1.20 bits per heavy atom. The van der Waals surface area contributed by atoms with E-state index in [1.807, 2.05) is 12.1 Å². The minimum Gasteiger partial charge on any atom is -0.329 e. The van der Waals surface area contributed by atoms with E-state index in [0.717, 1.165) is 17.0 Å². The lowest BCUT2D eigenvalue weighted by atomic mass is 9.90. The maximum atomic E-state index is 6.08. The topological polar surface area (TPSA) is 54.7 Å². The first-order chi connectivity index (χ1) is 9.32. The van der Waals surface area contributed by atoms with Gasteiger partial charge in [0.05, 0.1) is 15.7 Å². The number of aromatic amines is 1. The third kappa shape index (κ3) is 3.17. The van der Waals surface area contributed by atoms with Crippen molar-refractivity contribution in [1.29, 1.82) is 0 Å². The van der Waals surface area contributed by atoms with Gasteiger partial charge in [-0.3, -0.25) is 5.10 Å². The molecule has 2 rings (SSSR count). The summed E-state index contributed by atoms with van der Waals surface area (Å²) in [5.41, 5.74) is 8.97. The fraction of sp³-hybridized carbons (Fsp3) is 0.400. The van der Waals surface area contributed by atoms with Crippen LogP contribution in [0.15, 0.2) is 24.3 Å². The zero-order chi connectivity index (χ0) is 14.9. The molecule has 0 amide bonds. The van der Waals surface area contributed by atoms with Crippen LogP contribution in [-0.4, -0.2) is 16.7 Å². The molecule has 108 valence electrons. The number of nitrogens with two attached hydrogens (primary N) is 1. The Morgan fingerprint density at radius 2 is 1.90 bits per heavy atom. The first-order valence-electron chi connectivity index (χ1n) is 6.53. The molecular weight excluding hydrogens is 293 g/mol. The monoisotopic (exact) mass is 311 g/mol. The third-order valence-corrected chi connectivity index (χ3v) is 4.06. The van der Waals surface area contributed by atoms with E-state index in [-0.39, 0.29) is 11.3 Å². The molecule has 0 saturated heterocycles. The second kappa shape index (κ2) is 5.76. The van der Waals surface area contributed by atoms with Crippen molar-refractivity contribution in [3.8, 4) is 0 Å². The van der Waals surface area contributed by atoms with Crippen molar-refractivity contribution in [3.05, 3.63) is 51.3 Å². The number of halogens is 2. The summed E-state index contributed by atoms with van der Waals surface area (Å²) in [5, 5.41) is 8.56. The number of hydrogen-bond donors (Lipinski definition) is 2. The highest BCUT2D eigenvalue weighted by atomic mass is 35.5. The second-order valence-corrected chi connectivity index (χ2v) is 6.73. The molecule has 0 spiro atoms. The molecule has 3 N–H and O–H groups in total. The largest absolute Gasteiger partial charge is 0.329 e. The third-order valence-electron chi connectivity index (χ3n) is 3.32. The molecule has 2 aromatic rings. The SMILES string of the molecule is CC(C)(C)c1cc(C(CN)c2ccc(Cl)c(Cl)c2)[nH]n1. The summed E-state index contributed by atoms with van der Waals surface area (Å²) in [6.07, 6.45) is 0. The highest BCUT2D eigenvalue weighted by Gasteiger charge is 2.21. The zero-order valence-corrected chi connectivity index (χ0v) is 13.4. The van der Waals surface area contributed by atoms with E-state index < -0.39 is 0 Å². The molecule has 0 aliphatic carbocycles. The van der Waals surface area contributed by atoms with Crippen LogP contribution in [0, 0.1) is 0 Å². The smallest absolute Gasteiger partial charge is 0.0678 e. The molecule has 0 aliphatic heterocycles. The number of hydrogen-bond acceptors (Lipinski definition) is 2. The number of H-pyrrole nitrogens is 1. The lowest BCUT2D eigenvalue weighted by molar-refractivity contribution is 0.567. The average Bonchev–Trinajstić information content (AvgIpc) is 2.84. The Morgan fingerprint density at radius 3 is 2.40 bits per heavy atom. The van der Waals surface area contributed by atoms with E-state index in [4.69, 9.17) is 28.9 Å². The van der Waals surface area contributed by atoms with Gasteiger partial charge in [-0.15, -0.1) is 0 Å². The summed E-state index contributed by atoms with van der Waals surface area (Å²) in [7, 11) is 0. The van der Waals surface area contributed by atoms with E-state index in [9.17, 15) is 0 Å². The fourth-order valence-corrected chi connectivity index (χ4v) is 2.38. The number of nitrogens with one attached hydrogen (secondary N) is 1. The van der Waals surface area contributed by atoms with Gasteiger partial charge in [-0.25, -0.2) is 0 Å². The van der Waals surface area contributed by atoms with Crippen LogP contribution in [-0.2, 0) is 5.41 Å². The van der Waals surface area contributed by atoms with E-state index >= 15 is 0 Å². The molecular formula is C15H19Cl2N3. The van der Waals surface area contributed by atoms with Crippen LogP contribution in [0.5, 0.6) is 0 Å². The van der Waals surface area contributed by atoms with Gasteiger partial charge in [-0.1, -0.05) is 50.0 Å². The van der Waals surface area contributed by atoms with Gasteiger partial charge in [0.15, 0.2) is 0 Å². The Hall–Kier alpha value is -1.03. The van der Waals surface area contributed by atoms with Gasteiger partial charge in [0.2, 0.25) is 0 Å². The van der Waals surface area contributed by atoms with Crippen LogP contribution >= 0.6 is 23.2 Å². The molecule has 20 heavy (non-hydrogen) atoms. The molecule has 1 atom stereocenters. The standard InChI is InChI=1S/C15H19Cl2N3/c1-15(2,3)14-7-13(19-20-14)10(8-18)9-4-5-11(16)12(17)6-9/h4-7,10H,8,18H2,1-3H3,(H,19,20). The number of aromatic nitrogens is 2. The van der Waals surface area contributed by atoms with E-state index in [1.54, 1.807) is 6.07 Å². The lowest BCUT2D eigenvalue weighted by Crippen LogP contribution is -2.14. The summed E-state index contributed by atoms with van der Waals surface area (Å²) in [6, 6.07) is 7.67. The average molecular weight is 312 g/mol. The highest BCUT2D eigenvalue weighted by Crippen LogP contribution is 2.30. The summed E-state index contributed by atoms with van der Waals surface area (Å²) >= 11 is 12.0. The lowest BCUT2D eigenvalue weighted by Gasteiger charge is -2.15. The maximum Gasteiger partial charge on any atom is 0.0678 e. The van der Waals surface area contributed by atoms with Gasteiger partial charge in [0.1, 0.15) is 0 Å². The first kappa shape index (κ1) is 15.4. The zero-order valence-electron chi connectivity index (χ0n) is 11.9. The predicted molar refractivity (Wildman–Crippen MR) is 84.6 cm³/mol. The van der Waals surface area contributed by atoms with Crippen LogP contribution in [0.25, 0.3) is 0 Å². The molecule has 0 fully saturated rings. The molecule has 5 heteroatoms. The normalized spacial score (nSPS) is 13.5. The van der Waals surface area contributed by atoms with Crippen molar-refractivity contribution in [2.75, 3.05) is 6.54 Å².